The van der Waals surface area contributed by atoms with Gasteiger partial charge in [0, 0.05) is 5.56 Å². The number of fused-ring (bicyclic) bond motifs is 1. The minimum absolute atomic E-state index is 0.208. The van der Waals surface area contributed by atoms with Crippen molar-refractivity contribution in [2.45, 2.75) is 51.4 Å². The molecule has 166 valence electrons. The van der Waals surface area contributed by atoms with Crippen LogP contribution in [0.25, 0.3) is 0 Å². The van der Waals surface area contributed by atoms with E-state index in [4.69, 9.17) is 4.74 Å². The average Bonchev–Trinajstić information content (AvgIpc) is 2.82. The van der Waals surface area contributed by atoms with Crippen LogP contribution in [0.5, 0.6) is 5.75 Å². The van der Waals surface area contributed by atoms with Crippen LogP contribution in [0.2, 0.25) is 0 Å². The summed E-state index contributed by atoms with van der Waals surface area (Å²) in [7, 11) is 0. The van der Waals surface area contributed by atoms with E-state index in [1.165, 1.54) is 38.5 Å². The number of rotatable bonds is 5. The van der Waals surface area contributed by atoms with E-state index in [0.717, 1.165) is 34.6 Å². The number of allylic oxidation sites excluding steroid dienone is 2. The fraction of sp³-hybridized carbons (Fsp3) is 0.400. The average molecular weight is 429 g/mol. The van der Waals surface area contributed by atoms with E-state index in [9.17, 15) is 4.39 Å². The van der Waals surface area contributed by atoms with E-state index < -0.39 is 0 Å². The lowest BCUT2D eigenvalue weighted by Gasteiger charge is -2.41. The minimum atomic E-state index is -0.208. The van der Waals surface area contributed by atoms with Gasteiger partial charge in [-0.05, 0) is 111 Å². The van der Waals surface area contributed by atoms with Crippen molar-refractivity contribution in [1.82, 2.24) is 0 Å². The number of hydrogen-bond donors (Lipinski definition) is 0. The molecule has 2 saturated carbocycles. The van der Waals surface area contributed by atoms with Crippen molar-refractivity contribution in [3.63, 3.8) is 0 Å². The Balaban J connectivity index is 1.39. The largest absolute Gasteiger partial charge is 0.490 e. The SMILES string of the molecule is C=CCOc1ccc(C#Cc2ccc(C3CCC4CC(/C=C/C)CCC4C3)cc2F)cc1. The summed E-state index contributed by atoms with van der Waals surface area (Å²) in [6, 6.07) is 13.2. The topological polar surface area (TPSA) is 9.23 Å². The Bertz CT molecular complexity index is 1010. The van der Waals surface area contributed by atoms with Gasteiger partial charge in [-0.25, -0.2) is 4.39 Å². The van der Waals surface area contributed by atoms with Crippen LogP contribution < -0.4 is 4.74 Å². The van der Waals surface area contributed by atoms with Gasteiger partial charge in [-0.1, -0.05) is 42.7 Å². The van der Waals surface area contributed by atoms with Gasteiger partial charge in [-0.2, -0.15) is 0 Å². The molecule has 32 heavy (non-hydrogen) atoms. The van der Waals surface area contributed by atoms with E-state index in [0.29, 0.717) is 18.1 Å². The fourth-order valence-corrected chi connectivity index (χ4v) is 5.49. The Hall–Kier alpha value is -2.79. The van der Waals surface area contributed by atoms with Crippen molar-refractivity contribution in [3.05, 3.63) is 89.8 Å². The van der Waals surface area contributed by atoms with E-state index in [1.54, 1.807) is 12.1 Å². The molecule has 2 aromatic rings. The molecule has 2 aromatic carbocycles. The summed E-state index contributed by atoms with van der Waals surface area (Å²) in [6.07, 6.45) is 13.9. The Labute approximate surface area is 192 Å². The summed E-state index contributed by atoms with van der Waals surface area (Å²) in [5.74, 6) is 9.53. The summed E-state index contributed by atoms with van der Waals surface area (Å²) >= 11 is 0. The van der Waals surface area contributed by atoms with Crippen molar-refractivity contribution in [2.24, 2.45) is 17.8 Å². The van der Waals surface area contributed by atoms with Crippen molar-refractivity contribution < 1.29 is 9.13 Å². The number of hydrogen-bond acceptors (Lipinski definition) is 1. The highest BCUT2D eigenvalue weighted by Gasteiger charge is 2.35. The maximum absolute atomic E-state index is 14.8. The Kier molecular flexibility index (Phi) is 7.48. The molecule has 2 heteroatoms. The van der Waals surface area contributed by atoms with Gasteiger partial charge in [0.25, 0.3) is 0 Å². The van der Waals surface area contributed by atoms with Crippen LogP contribution in [0.1, 0.15) is 68.1 Å². The van der Waals surface area contributed by atoms with E-state index in [2.05, 4.69) is 43.6 Å². The number of benzene rings is 2. The number of ether oxygens (including phenoxy) is 1. The zero-order valence-electron chi connectivity index (χ0n) is 19.0. The second kappa shape index (κ2) is 10.7. The maximum atomic E-state index is 14.8. The van der Waals surface area contributed by atoms with Crippen LogP contribution in [0.15, 0.2) is 67.3 Å². The van der Waals surface area contributed by atoms with Crippen molar-refractivity contribution >= 4 is 0 Å². The summed E-state index contributed by atoms with van der Waals surface area (Å²) in [6.45, 7) is 6.24. The van der Waals surface area contributed by atoms with E-state index in [1.807, 2.05) is 30.3 Å². The first-order valence-corrected chi connectivity index (χ1v) is 11.9. The normalized spacial score (nSPS) is 24.9. The summed E-state index contributed by atoms with van der Waals surface area (Å²) in [5.41, 5.74) is 2.44. The molecule has 2 aliphatic carbocycles. The first-order chi connectivity index (χ1) is 15.7. The number of halogens is 1. The second-order valence-electron chi connectivity index (χ2n) is 9.24. The summed E-state index contributed by atoms with van der Waals surface area (Å²) < 4.78 is 20.3. The first kappa shape index (κ1) is 22.4. The molecule has 4 rings (SSSR count). The third-order valence-corrected chi connectivity index (χ3v) is 7.15. The Morgan fingerprint density at radius 3 is 2.53 bits per heavy atom. The molecule has 0 radical (unpaired) electrons. The molecule has 0 amide bonds. The van der Waals surface area contributed by atoms with Crippen LogP contribution in [-0.4, -0.2) is 6.61 Å². The Morgan fingerprint density at radius 1 is 1.00 bits per heavy atom. The van der Waals surface area contributed by atoms with Crippen molar-refractivity contribution in [3.8, 4) is 17.6 Å². The first-order valence-electron chi connectivity index (χ1n) is 11.9. The molecular weight excluding hydrogens is 395 g/mol. The van der Waals surface area contributed by atoms with Crippen LogP contribution in [0, 0.1) is 35.4 Å². The van der Waals surface area contributed by atoms with Gasteiger partial charge < -0.3 is 4.74 Å². The highest BCUT2D eigenvalue weighted by atomic mass is 19.1. The maximum Gasteiger partial charge on any atom is 0.139 e. The predicted octanol–water partition coefficient (Wildman–Crippen LogP) is 7.67. The van der Waals surface area contributed by atoms with E-state index in [-0.39, 0.29) is 5.82 Å². The quantitative estimate of drug-likeness (QED) is 0.351. The molecule has 4 atom stereocenters. The molecule has 0 aliphatic heterocycles. The molecule has 0 heterocycles. The van der Waals surface area contributed by atoms with Gasteiger partial charge in [0.2, 0.25) is 0 Å². The molecule has 4 unspecified atom stereocenters. The fourth-order valence-electron chi connectivity index (χ4n) is 5.49. The van der Waals surface area contributed by atoms with E-state index >= 15 is 0 Å². The lowest BCUT2D eigenvalue weighted by molar-refractivity contribution is 0.133. The third-order valence-electron chi connectivity index (χ3n) is 7.15. The minimum Gasteiger partial charge on any atom is -0.490 e. The highest BCUT2D eigenvalue weighted by Crippen LogP contribution is 2.47. The molecule has 0 saturated heterocycles. The van der Waals surface area contributed by atoms with Gasteiger partial charge >= 0.3 is 0 Å². The molecular formula is C30H33FO. The molecule has 2 aliphatic rings. The van der Waals surface area contributed by atoms with Crippen molar-refractivity contribution in [2.75, 3.05) is 6.61 Å². The lowest BCUT2D eigenvalue weighted by atomic mass is 9.64. The van der Waals surface area contributed by atoms with Crippen molar-refractivity contribution in [1.29, 1.82) is 0 Å². The third kappa shape index (κ3) is 5.52. The van der Waals surface area contributed by atoms with Crippen LogP contribution in [0.4, 0.5) is 4.39 Å². The van der Waals surface area contributed by atoms with Gasteiger partial charge in [-0.3, -0.25) is 0 Å². The second-order valence-corrected chi connectivity index (χ2v) is 9.24. The van der Waals surface area contributed by atoms with Gasteiger partial charge in [0.05, 0.1) is 5.56 Å². The molecule has 1 nitrogen and oxygen atoms in total. The standard InChI is InChI=1S/C30H33FO/c1-3-5-23-7-11-26-20-27(15-14-25(26)19-23)28-13-12-24(30(31)21-28)10-6-22-8-16-29(17-9-22)32-18-4-2/h3-5,8-9,12-13,16-17,21,23,25-27H,2,7,11,14-15,18-20H2,1H3/b5-3+. The molecule has 0 spiro atoms. The van der Waals surface area contributed by atoms with Crippen LogP contribution in [0.3, 0.4) is 0 Å². The molecule has 0 N–H and O–H groups in total. The van der Waals surface area contributed by atoms with Crippen LogP contribution >= 0.6 is 0 Å². The monoisotopic (exact) mass is 428 g/mol. The van der Waals surface area contributed by atoms with Gasteiger partial charge in [0.15, 0.2) is 0 Å². The highest BCUT2D eigenvalue weighted by molar-refractivity contribution is 5.45. The lowest BCUT2D eigenvalue weighted by Crippen LogP contribution is -2.30. The predicted molar refractivity (Wildman–Crippen MR) is 130 cm³/mol. The summed E-state index contributed by atoms with van der Waals surface area (Å²) in [4.78, 5) is 0. The zero-order chi connectivity index (χ0) is 22.3. The molecule has 2 fully saturated rings. The van der Waals surface area contributed by atoms with Crippen LogP contribution in [-0.2, 0) is 0 Å². The molecule has 0 aromatic heterocycles. The Morgan fingerprint density at radius 2 is 1.78 bits per heavy atom. The van der Waals surface area contributed by atoms with Gasteiger partial charge in [0.1, 0.15) is 18.2 Å². The zero-order valence-corrected chi connectivity index (χ0v) is 19.0. The smallest absolute Gasteiger partial charge is 0.139 e. The molecule has 0 bridgehead atoms. The van der Waals surface area contributed by atoms with Gasteiger partial charge in [-0.15, -0.1) is 0 Å². The summed E-state index contributed by atoms with van der Waals surface area (Å²) in [5, 5.41) is 0.